The fourth-order valence-electron chi connectivity index (χ4n) is 1.96. The smallest absolute Gasteiger partial charge is 0.288 e. The molecule has 9 heteroatoms. The van der Waals surface area contributed by atoms with Gasteiger partial charge in [-0.05, 0) is 49.0 Å². The number of nitrogens with one attached hydrogen (secondary N) is 1. The quantitative estimate of drug-likeness (QED) is 0.358. The van der Waals surface area contributed by atoms with Crippen LogP contribution in [-0.4, -0.2) is 26.2 Å². The summed E-state index contributed by atoms with van der Waals surface area (Å²) in [6.07, 6.45) is 2.67. The number of sulfonamides is 1. The molecular formula is C16H13ClN2O5S. The van der Waals surface area contributed by atoms with E-state index in [-0.39, 0.29) is 27.0 Å². The van der Waals surface area contributed by atoms with Crippen LogP contribution < -0.4 is 4.72 Å². The standard InChI is InChI=1S/C16H13ClN2O5S/c1-18-25(23,24)13-6-4-12(5-7-13)16(20)9-3-11-2-8-14(17)15(10-11)19(21)22/h2-10,18H,1H3/b9-3+. The highest BCUT2D eigenvalue weighted by molar-refractivity contribution is 7.89. The molecule has 0 aliphatic heterocycles. The van der Waals surface area contributed by atoms with E-state index in [1.54, 1.807) is 6.07 Å². The van der Waals surface area contributed by atoms with Gasteiger partial charge >= 0.3 is 0 Å². The number of allylic oxidation sites excluding steroid dienone is 1. The highest BCUT2D eigenvalue weighted by atomic mass is 35.5. The van der Waals surface area contributed by atoms with Crippen molar-refractivity contribution in [2.45, 2.75) is 4.90 Å². The predicted molar refractivity (Wildman–Crippen MR) is 94.2 cm³/mol. The number of halogens is 1. The molecule has 0 saturated carbocycles. The average Bonchev–Trinajstić information content (AvgIpc) is 2.60. The molecule has 0 aliphatic rings. The lowest BCUT2D eigenvalue weighted by molar-refractivity contribution is -0.384. The molecule has 0 unspecified atom stereocenters. The van der Waals surface area contributed by atoms with Gasteiger partial charge in [0.05, 0.1) is 9.82 Å². The summed E-state index contributed by atoms with van der Waals surface area (Å²) in [4.78, 5) is 22.4. The topological polar surface area (TPSA) is 106 Å². The maximum absolute atomic E-state index is 12.1. The average molecular weight is 381 g/mol. The van der Waals surface area contributed by atoms with Crippen molar-refractivity contribution in [3.05, 3.63) is 74.8 Å². The van der Waals surface area contributed by atoms with Gasteiger partial charge in [0.15, 0.2) is 5.78 Å². The Morgan fingerprint density at radius 3 is 2.40 bits per heavy atom. The second-order valence-electron chi connectivity index (χ2n) is 4.90. The van der Waals surface area contributed by atoms with E-state index >= 15 is 0 Å². The summed E-state index contributed by atoms with van der Waals surface area (Å²) in [5.74, 6) is -0.369. The number of carbonyl (C=O) groups is 1. The summed E-state index contributed by atoms with van der Waals surface area (Å²) in [5.41, 5.74) is 0.478. The molecular weight excluding hydrogens is 368 g/mol. The van der Waals surface area contributed by atoms with Crippen LogP contribution in [0.5, 0.6) is 0 Å². The summed E-state index contributed by atoms with van der Waals surface area (Å²) >= 11 is 5.73. The van der Waals surface area contributed by atoms with Crippen LogP contribution in [0.1, 0.15) is 15.9 Å². The van der Waals surface area contributed by atoms with Crippen LogP contribution in [-0.2, 0) is 10.0 Å². The number of benzene rings is 2. The van der Waals surface area contributed by atoms with E-state index in [0.717, 1.165) is 0 Å². The Morgan fingerprint density at radius 2 is 1.84 bits per heavy atom. The molecule has 0 heterocycles. The molecule has 2 rings (SSSR count). The van der Waals surface area contributed by atoms with E-state index in [9.17, 15) is 23.3 Å². The second-order valence-corrected chi connectivity index (χ2v) is 7.19. The number of hydrogen-bond acceptors (Lipinski definition) is 5. The number of nitrogens with zero attached hydrogens (tertiary/aromatic N) is 1. The third kappa shape index (κ3) is 4.50. The first-order valence-corrected chi connectivity index (χ1v) is 8.80. The molecule has 2 aromatic rings. The lowest BCUT2D eigenvalue weighted by Gasteiger charge is -2.03. The van der Waals surface area contributed by atoms with Gasteiger partial charge in [-0.2, -0.15) is 0 Å². The highest BCUT2D eigenvalue weighted by Gasteiger charge is 2.13. The minimum absolute atomic E-state index is 0.00908. The largest absolute Gasteiger partial charge is 0.289 e. The van der Waals surface area contributed by atoms with Crippen LogP contribution in [0.15, 0.2) is 53.4 Å². The van der Waals surface area contributed by atoms with Gasteiger partial charge in [0, 0.05) is 11.6 Å². The fourth-order valence-corrected chi connectivity index (χ4v) is 2.87. The van der Waals surface area contributed by atoms with Gasteiger partial charge in [-0.25, -0.2) is 13.1 Å². The SMILES string of the molecule is CNS(=O)(=O)c1ccc(C(=O)/C=C/c2ccc(Cl)c([N+](=O)[O-])c2)cc1. The molecule has 7 nitrogen and oxygen atoms in total. The van der Waals surface area contributed by atoms with Crippen LogP contribution in [0.2, 0.25) is 5.02 Å². The van der Waals surface area contributed by atoms with Crippen molar-refractivity contribution in [2.75, 3.05) is 7.05 Å². The summed E-state index contributed by atoms with van der Waals surface area (Å²) < 4.78 is 25.4. The number of rotatable bonds is 6. The van der Waals surface area contributed by atoms with Crippen molar-refractivity contribution < 1.29 is 18.1 Å². The predicted octanol–water partition coefficient (Wildman–Crippen LogP) is 3.05. The molecule has 0 atom stereocenters. The molecule has 130 valence electrons. The molecule has 0 aliphatic carbocycles. The van der Waals surface area contributed by atoms with E-state index in [2.05, 4.69) is 4.72 Å². The van der Waals surface area contributed by atoms with E-state index in [1.807, 2.05) is 0 Å². The fraction of sp³-hybridized carbons (Fsp3) is 0.0625. The zero-order chi connectivity index (χ0) is 18.6. The lowest BCUT2D eigenvalue weighted by Crippen LogP contribution is -2.18. The van der Waals surface area contributed by atoms with Crippen molar-refractivity contribution in [3.8, 4) is 0 Å². The number of nitro benzene ring substituents is 1. The first-order chi connectivity index (χ1) is 11.7. The van der Waals surface area contributed by atoms with Gasteiger partial charge < -0.3 is 0 Å². The van der Waals surface area contributed by atoms with Gasteiger partial charge in [-0.3, -0.25) is 14.9 Å². The van der Waals surface area contributed by atoms with E-state index < -0.39 is 14.9 Å². The number of hydrogen-bond donors (Lipinski definition) is 1. The molecule has 1 N–H and O–H groups in total. The molecule has 0 radical (unpaired) electrons. The van der Waals surface area contributed by atoms with Crippen molar-refractivity contribution >= 4 is 39.2 Å². The molecule has 25 heavy (non-hydrogen) atoms. The van der Waals surface area contributed by atoms with E-state index in [0.29, 0.717) is 5.56 Å². The van der Waals surface area contributed by atoms with Crippen LogP contribution in [0.4, 0.5) is 5.69 Å². The number of carbonyl (C=O) groups excluding carboxylic acids is 1. The van der Waals surface area contributed by atoms with Gasteiger partial charge in [-0.1, -0.05) is 23.7 Å². The van der Waals surface area contributed by atoms with Crippen molar-refractivity contribution in [1.29, 1.82) is 0 Å². The van der Waals surface area contributed by atoms with Crippen molar-refractivity contribution in [1.82, 2.24) is 4.72 Å². The Hall–Kier alpha value is -2.55. The molecule has 2 aromatic carbocycles. The summed E-state index contributed by atoms with van der Waals surface area (Å²) in [6.45, 7) is 0. The third-order valence-corrected chi connectivity index (χ3v) is 5.06. The van der Waals surface area contributed by atoms with E-state index in [1.165, 1.54) is 55.6 Å². The van der Waals surface area contributed by atoms with Crippen LogP contribution in [0.3, 0.4) is 0 Å². The van der Waals surface area contributed by atoms with Gasteiger partial charge in [0.25, 0.3) is 5.69 Å². The Bertz CT molecular complexity index is 953. The minimum Gasteiger partial charge on any atom is -0.289 e. The maximum Gasteiger partial charge on any atom is 0.288 e. The number of ketones is 1. The molecule has 0 fully saturated rings. The Morgan fingerprint density at radius 1 is 1.20 bits per heavy atom. The normalized spacial score (nSPS) is 11.6. The Labute approximate surface area is 149 Å². The zero-order valence-electron chi connectivity index (χ0n) is 13.0. The maximum atomic E-state index is 12.1. The Balaban J connectivity index is 2.21. The molecule has 0 amide bonds. The van der Waals surface area contributed by atoms with Crippen LogP contribution in [0.25, 0.3) is 6.08 Å². The van der Waals surface area contributed by atoms with Crippen molar-refractivity contribution in [3.63, 3.8) is 0 Å². The minimum atomic E-state index is -3.57. The van der Waals surface area contributed by atoms with Gasteiger partial charge in [0.1, 0.15) is 5.02 Å². The van der Waals surface area contributed by atoms with E-state index in [4.69, 9.17) is 11.6 Å². The second kappa shape index (κ2) is 7.56. The monoisotopic (exact) mass is 380 g/mol. The van der Waals surface area contributed by atoms with Crippen molar-refractivity contribution in [2.24, 2.45) is 0 Å². The molecule has 0 spiro atoms. The molecule has 0 aromatic heterocycles. The van der Waals surface area contributed by atoms with Gasteiger partial charge in [0.2, 0.25) is 10.0 Å². The lowest BCUT2D eigenvalue weighted by atomic mass is 10.1. The highest BCUT2D eigenvalue weighted by Crippen LogP contribution is 2.25. The summed E-state index contributed by atoms with van der Waals surface area (Å²) in [5, 5.41) is 10.9. The first-order valence-electron chi connectivity index (χ1n) is 6.94. The van der Waals surface area contributed by atoms with Crippen LogP contribution in [0, 0.1) is 10.1 Å². The molecule has 0 bridgehead atoms. The Kier molecular flexibility index (Phi) is 5.68. The first kappa shape index (κ1) is 18.8. The summed E-state index contributed by atoms with van der Waals surface area (Å²) in [7, 11) is -2.27. The summed E-state index contributed by atoms with van der Waals surface area (Å²) in [6, 6.07) is 9.60. The van der Waals surface area contributed by atoms with Gasteiger partial charge in [-0.15, -0.1) is 0 Å². The zero-order valence-corrected chi connectivity index (χ0v) is 14.5. The van der Waals surface area contributed by atoms with Crippen LogP contribution >= 0.6 is 11.6 Å². The molecule has 0 saturated heterocycles. The number of nitro groups is 1. The third-order valence-electron chi connectivity index (χ3n) is 3.31.